The number of hydrogen-bond donors (Lipinski definition) is 1. The van der Waals surface area contributed by atoms with Gasteiger partial charge in [-0.25, -0.2) is 0 Å². The van der Waals surface area contributed by atoms with Crippen LogP contribution in [0.1, 0.15) is 39.0 Å². The van der Waals surface area contributed by atoms with Crippen molar-refractivity contribution in [2.45, 2.75) is 33.2 Å². The molecule has 0 saturated carbocycles. The Morgan fingerprint density at radius 1 is 1.33 bits per heavy atom. The Morgan fingerprint density at radius 3 is 2.76 bits per heavy atom. The Bertz CT molecular complexity index is 578. The third-order valence-corrected chi connectivity index (χ3v) is 4.76. The van der Waals surface area contributed by atoms with E-state index in [0.29, 0.717) is 5.41 Å². The van der Waals surface area contributed by atoms with E-state index in [-0.39, 0.29) is 6.04 Å². The van der Waals surface area contributed by atoms with Crippen molar-refractivity contribution in [3.05, 3.63) is 36.1 Å². The molecule has 2 heterocycles. The molecular weight excluding hydrogens is 260 g/mol. The fourth-order valence-electron chi connectivity index (χ4n) is 3.26. The Morgan fingerprint density at radius 2 is 2.10 bits per heavy atom. The van der Waals surface area contributed by atoms with Crippen molar-refractivity contribution >= 4 is 11.0 Å². The predicted octanol–water partition coefficient (Wildman–Crippen LogP) is 3.80. The monoisotopic (exact) mass is 286 g/mol. The quantitative estimate of drug-likeness (QED) is 0.933. The summed E-state index contributed by atoms with van der Waals surface area (Å²) < 4.78 is 5.88. The molecule has 21 heavy (non-hydrogen) atoms. The first-order valence-electron chi connectivity index (χ1n) is 7.90. The SMILES string of the molecule is CC(C)(C)C1CCN(CC(N)c2cc3ccccc3o2)C1. The lowest BCUT2D eigenvalue weighted by molar-refractivity contribution is 0.221. The van der Waals surface area contributed by atoms with Gasteiger partial charge in [0.05, 0.1) is 6.04 Å². The fourth-order valence-corrected chi connectivity index (χ4v) is 3.26. The van der Waals surface area contributed by atoms with E-state index in [1.165, 1.54) is 6.42 Å². The van der Waals surface area contributed by atoms with E-state index in [1.54, 1.807) is 0 Å². The van der Waals surface area contributed by atoms with E-state index in [2.05, 4.69) is 37.8 Å². The van der Waals surface area contributed by atoms with Crippen LogP contribution in [0.3, 0.4) is 0 Å². The first-order valence-corrected chi connectivity index (χ1v) is 7.90. The van der Waals surface area contributed by atoms with Crippen LogP contribution in [0.4, 0.5) is 0 Å². The second-order valence-electron chi connectivity index (χ2n) is 7.40. The second kappa shape index (κ2) is 5.47. The molecule has 1 aromatic heterocycles. The lowest BCUT2D eigenvalue weighted by atomic mass is 9.80. The van der Waals surface area contributed by atoms with Crippen LogP contribution in [0, 0.1) is 11.3 Å². The van der Waals surface area contributed by atoms with Crippen molar-refractivity contribution in [3.8, 4) is 0 Å². The maximum atomic E-state index is 6.36. The zero-order chi connectivity index (χ0) is 15.0. The van der Waals surface area contributed by atoms with Crippen LogP contribution in [-0.4, -0.2) is 24.5 Å². The normalized spacial score (nSPS) is 22.0. The van der Waals surface area contributed by atoms with E-state index in [9.17, 15) is 0 Å². The molecular formula is C18H26N2O. The van der Waals surface area contributed by atoms with Gasteiger partial charge in [-0.15, -0.1) is 0 Å². The lowest BCUT2D eigenvalue weighted by Crippen LogP contribution is -2.32. The van der Waals surface area contributed by atoms with Crippen LogP contribution in [0.25, 0.3) is 11.0 Å². The van der Waals surface area contributed by atoms with Gasteiger partial charge in [0.25, 0.3) is 0 Å². The maximum absolute atomic E-state index is 6.36. The fraction of sp³-hybridized carbons (Fsp3) is 0.556. The standard InChI is InChI=1S/C18H26N2O/c1-18(2,3)14-8-9-20(11-14)12-15(19)17-10-13-6-4-5-7-16(13)21-17/h4-7,10,14-15H,8-9,11-12,19H2,1-3H3. The highest BCUT2D eigenvalue weighted by Gasteiger charge is 2.32. The van der Waals surface area contributed by atoms with Crippen LogP contribution in [0.5, 0.6) is 0 Å². The number of benzene rings is 1. The van der Waals surface area contributed by atoms with E-state index in [4.69, 9.17) is 10.2 Å². The number of para-hydroxylation sites is 1. The molecule has 3 nitrogen and oxygen atoms in total. The van der Waals surface area contributed by atoms with E-state index < -0.39 is 0 Å². The molecule has 1 aromatic carbocycles. The molecule has 1 aliphatic rings. The molecule has 0 spiro atoms. The minimum Gasteiger partial charge on any atom is -0.459 e. The number of furan rings is 1. The van der Waals surface area contributed by atoms with Crippen molar-refractivity contribution in [1.82, 2.24) is 4.90 Å². The largest absolute Gasteiger partial charge is 0.459 e. The van der Waals surface area contributed by atoms with Crippen molar-refractivity contribution in [1.29, 1.82) is 0 Å². The predicted molar refractivity (Wildman–Crippen MR) is 87.1 cm³/mol. The topological polar surface area (TPSA) is 42.4 Å². The molecule has 1 aliphatic heterocycles. The third kappa shape index (κ3) is 3.14. The average molecular weight is 286 g/mol. The first kappa shape index (κ1) is 14.6. The molecule has 1 fully saturated rings. The Kier molecular flexibility index (Phi) is 3.80. The summed E-state index contributed by atoms with van der Waals surface area (Å²) in [6.45, 7) is 10.2. The summed E-state index contributed by atoms with van der Waals surface area (Å²) in [5.74, 6) is 1.66. The van der Waals surface area contributed by atoms with E-state index in [1.807, 2.05) is 18.2 Å². The average Bonchev–Trinajstić information content (AvgIpc) is 3.03. The molecule has 114 valence electrons. The van der Waals surface area contributed by atoms with Gasteiger partial charge in [0.1, 0.15) is 11.3 Å². The number of hydrogen-bond acceptors (Lipinski definition) is 3. The zero-order valence-electron chi connectivity index (χ0n) is 13.3. The van der Waals surface area contributed by atoms with Gasteiger partial charge in [-0.3, -0.25) is 0 Å². The van der Waals surface area contributed by atoms with Gasteiger partial charge in [0, 0.05) is 18.5 Å². The van der Waals surface area contributed by atoms with Crippen molar-refractivity contribution in [3.63, 3.8) is 0 Å². The summed E-state index contributed by atoms with van der Waals surface area (Å²) in [4.78, 5) is 2.48. The highest BCUT2D eigenvalue weighted by atomic mass is 16.3. The van der Waals surface area contributed by atoms with E-state index >= 15 is 0 Å². The number of likely N-dealkylation sites (tertiary alicyclic amines) is 1. The Hall–Kier alpha value is -1.32. The van der Waals surface area contributed by atoms with Crippen molar-refractivity contribution in [2.75, 3.05) is 19.6 Å². The molecule has 0 radical (unpaired) electrons. The maximum Gasteiger partial charge on any atom is 0.134 e. The smallest absolute Gasteiger partial charge is 0.134 e. The van der Waals surface area contributed by atoms with Crippen LogP contribution in [0.15, 0.2) is 34.7 Å². The van der Waals surface area contributed by atoms with Crippen molar-refractivity contribution in [2.24, 2.45) is 17.1 Å². The van der Waals surface area contributed by atoms with Crippen LogP contribution in [-0.2, 0) is 0 Å². The summed E-state index contributed by atoms with van der Waals surface area (Å²) in [6, 6.07) is 10.1. The number of fused-ring (bicyclic) bond motifs is 1. The Balaban J connectivity index is 1.65. The van der Waals surface area contributed by atoms with Gasteiger partial charge in [-0.1, -0.05) is 39.0 Å². The summed E-state index contributed by atoms with van der Waals surface area (Å²) in [5.41, 5.74) is 7.67. The lowest BCUT2D eigenvalue weighted by Gasteiger charge is -2.27. The second-order valence-corrected chi connectivity index (χ2v) is 7.40. The molecule has 0 aliphatic carbocycles. The minimum atomic E-state index is -0.0453. The number of nitrogens with two attached hydrogens (primary N) is 1. The Labute approximate surface area is 127 Å². The summed E-state index contributed by atoms with van der Waals surface area (Å²) in [6.07, 6.45) is 1.27. The van der Waals surface area contributed by atoms with Gasteiger partial charge in [-0.2, -0.15) is 0 Å². The highest BCUT2D eigenvalue weighted by Crippen LogP contribution is 2.34. The van der Waals surface area contributed by atoms with Crippen LogP contribution < -0.4 is 5.73 Å². The molecule has 0 bridgehead atoms. The molecule has 2 N–H and O–H groups in total. The molecule has 1 saturated heterocycles. The van der Waals surface area contributed by atoms with Gasteiger partial charge >= 0.3 is 0 Å². The molecule has 2 unspecified atom stereocenters. The van der Waals surface area contributed by atoms with Crippen LogP contribution in [0.2, 0.25) is 0 Å². The molecule has 3 heteroatoms. The van der Waals surface area contributed by atoms with Gasteiger partial charge < -0.3 is 15.1 Å². The van der Waals surface area contributed by atoms with E-state index in [0.717, 1.165) is 42.3 Å². The first-order chi connectivity index (χ1) is 9.93. The molecule has 0 amide bonds. The van der Waals surface area contributed by atoms with Gasteiger partial charge in [0.2, 0.25) is 0 Å². The molecule has 3 rings (SSSR count). The number of nitrogens with zero attached hydrogens (tertiary/aromatic N) is 1. The van der Waals surface area contributed by atoms with Gasteiger partial charge in [-0.05, 0) is 36.4 Å². The summed E-state index contributed by atoms with van der Waals surface area (Å²) in [5, 5.41) is 1.14. The van der Waals surface area contributed by atoms with Crippen LogP contribution >= 0.6 is 0 Å². The third-order valence-electron chi connectivity index (χ3n) is 4.76. The van der Waals surface area contributed by atoms with Gasteiger partial charge in [0.15, 0.2) is 0 Å². The summed E-state index contributed by atoms with van der Waals surface area (Å²) >= 11 is 0. The zero-order valence-corrected chi connectivity index (χ0v) is 13.3. The number of rotatable bonds is 3. The molecule has 2 atom stereocenters. The minimum absolute atomic E-state index is 0.0453. The highest BCUT2D eigenvalue weighted by molar-refractivity contribution is 5.77. The summed E-state index contributed by atoms with van der Waals surface area (Å²) in [7, 11) is 0. The van der Waals surface area contributed by atoms with Crippen molar-refractivity contribution < 1.29 is 4.42 Å². The molecule has 2 aromatic rings.